The van der Waals surface area contributed by atoms with E-state index in [1.807, 2.05) is 6.20 Å². The van der Waals surface area contributed by atoms with Gasteiger partial charge >= 0.3 is 12.4 Å². The first-order valence-electron chi connectivity index (χ1n) is 11.4. The van der Waals surface area contributed by atoms with E-state index in [1.165, 1.54) is 31.4 Å². The Labute approximate surface area is 193 Å². The van der Waals surface area contributed by atoms with Crippen LogP contribution in [0.4, 0.5) is 32.0 Å². The predicted octanol–water partition coefficient (Wildman–Crippen LogP) is 8.55. The quantitative estimate of drug-likeness (QED) is 0.344. The number of hydrogen-bond acceptors (Lipinski definition) is 2. The monoisotopic (exact) mass is 484 g/mol. The fourth-order valence-electron chi connectivity index (χ4n) is 4.68. The van der Waals surface area contributed by atoms with Crippen molar-refractivity contribution in [2.24, 2.45) is 5.92 Å². The molecular formula is C25H26F6N2O. The molecule has 1 aliphatic rings. The van der Waals surface area contributed by atoms with Gasteiger partial charge in [0.1, 0.15) is 16.9 Å². The number of H-pyrrole nitrogens is 1. The second-order valence-electron chi connectivity index (χ2n) is 8.76. The summed E-state index contributed by atoms with van der Waals surface area (Å²) in [5.41, 5.74) is -1.48. The van der Waals surface area contributed by atoms with Crippen LogP contribution in [-0.4, -0.2) is 11.5 Å². The van der Waals surface area contributed by atoms with Crippen LogP contribution in [0, 0.1) is 5.92 Å². The molecule has 1 aliphatic carbocycles. The van der Waals surface area contributed by atoms with E-state index in [0.29, 0.717) is 18.1 Å². The summed E-state index contributed by atoms with van der Waals surface area (Å²) < 4.78 is 88.1. The van der Waals surface area contributed by atoms with E-state index < -0.39 is 29.2 Å². The Morgan fingerprint density at radius 2 is 1.59 bits per heavy atom. The second-order valence-corrected chi connectivity index (χ2v) is 8.76. The first kappa shape index (κ1) is 24.3. The summed E-state index contributed by atoms with van der Waals surface area (Å²) in [5, 5.41) is 3.28. The Morgan fingerprint density at radius 1 is 0.941 bits per heavy atom. The molecule has 0 saturated heterocycles. The van der Waals surface area contributed by atoms with E-state index >= 15 is 0 Å². The molecule has 1 heterocycles. The van der Waals surface area contributed by atoms with Gasteiger partial charge in [0.25, 0.3) is 0 Å². The highest BCUT2D eigenvalue weighted by Gasteiger charge is 2.43. The summed E-state index contributed by atoms with van der Waals surface area (Å²) in [5.74, 6) is -0.806. The highest BCUT2D eigenvalue weighted by atomic mass is 19.4. The molecule has 2 N–H and O–H groups in total. The highest BCUT2D eigenvalue weighted by Crippen LogP contribution is 2.47. The van der Waals surface area contributed by atoms with E-state index in [0.717, 1.165) is 35.7 Å². The van der Waals surface area contributed by atoms with Gasteiger partial charge < -0.3 is 15.0 Å². The molecular weight excluding hydrogens is 458 g/mol. The van der Waals surface area contributed by atoms with E-state index in [1.54, 1.807) is 13.0 Å². The van der Waals surface area contributed by atoms with Crippen LogP contribution in [0.15, 0.2) is 36.5 Å². The number of aromatic nitrogens is 1. The van der Waals surface area contributed by atoms with Gasteiger partial charge in [0.15, 0.2) is 5.75 Å². The van der Waals surface area contributed by atoms with Crippen LogP contribution in [0.2, 0.25) is 0 Å². The van der Waals surface area contributed by atoms with Crippen LogP contribution in [-0.2, 0) is 18.8 Å². The van der Waals surface area contributed by atoms with Crippen LogP contribution in [0.1, 0.15) is 55.7 Å². The van der Waals surface area contributed by atoms with E-state index in [-0.39, 0.29) is 18.0 Å². The summed E-state index contributed by atoms with van der Waals surface area (Å²) in [6.45, 7) is 1.75. The number of rotatable bonds is 6. The van der Waals surface area contributed by atoms with Crippen molar-refractivity contribution < 1.29 is 31.1 Å². The molecule has 3 nitrogen and oxygen atoms in total. The molecule has 0 bridgehead atoms. The number of nitrogens with one attached hydrogen (secondary N) is 2. The van der Waals surface area contributed by atoms with Gasteiger partial charge in [-0.15, -0.1) is 0 Å². The minimum atomic E-state index is -5.04. The number of benzene rings is 2. The average molecular weight is 484 g/mol. The fourth-order valence-corrected chi connectivity index (χ4v) is 4.68. The molecule has 0 spiro atoms. The van der Waals surface area contributed by atoms with Crippen molar-refractivity contribution in [3.8, 4) is 11.5 Å². The van der Waals surface area contributed by atoms with Gasteiger partial charge in [-0.05, 0) is 55.2 Å². The maximum Gasteiger partial charge on any atom is 0.420 e. The van der Waals surface area contributed by atoms with Gasteiger partial charge in [0.2, 0.25) is 0 Å². The third-order valence-electron chi connectivity index (χ3n) is 6.27. The van der Waals surface area contributed by atoms with Gasteiger partial charge in [-0.2, -0.15) is 26.3 Å². The van der Waals surface area contributed by atoms with Crippen molar-refractivity contribution in [3.05, 3.63) is 53.2 Å². The Bertz CT molecular complexity index is 1110. The van der Waals surface area contributed by atoms with Crippen molar-refractivity contribution in [1.82, 2.24) is 4.98 Å². The number of anilines is 1. The number of alkyl halides is 6. The molecule has 1 saturated carbocycles. The first-order valence-corrected chi connectivity index (χ1v) is 11.4. The van der Waals surface area contributed by atoms with Gasteiger partial charge in [-0.1, -0.05) is 32.1 Å². The van der Waals surface area contributed by atoms with Gasteiger partial charge in [0.05, 0.1) is 0 Å². The zero-order valence-electron chi connectivity index (χ0n) is 18.7. The lowest BCUT2D eigenvalue weighted by Crippen LogP contribution is -2.15. The molecule has 0 atom stereocenters. The Kier molecular flexibility index (Phi) is 6.73. The van der Waals surface area contributed by atoms with E-state index in [2.05, 4.69) is 10.3 Å². The summed E-state index contributed by atoms with van der Waals surface area (Å²) in [6, 6.07) is 5.81. The molecule has 0 unspecified atom stereocenters. The van der Waals surface area contributed by atoms with Crippen LogP contribution < -0.4 is 10.1 Å². The molecule has 184 valence electrons. The van der Waals surface area contributed by atoms with Crippen molar-refractivity contribution >= 4 is 16.6 Å². The minimum absolute atomic E-state index is 0.0794. The zero-order chi connectivity index (χ0) is 24.5. The lowest BCUT2D eigenvalue weighted by molar-refractivity contribution is -0.144. The molecule has 0 amide bonds. The van der Waals surface area contributed by atoms with Crippen molar-refractivity contribution in [1.29, 1.82) is 0 Å². The lowest BCUT2D eigenvalue weighted by Gasteiger charge is -2.21. The second kappa shape index (κ2) is 9.43. The van der Waals surface area contributed by atoms with Gasteiger partial charge in [-0.3, -0.25) is 0 Å². The van der Waals surface area contributed by atoms with Crippen LogP contribution >= 0.6 is 0 Å². The standard InChI is InChI=1S/C25H26F6N2O/c1-2-32-17-11-20(24(26,27)28)23(21(12-17)25(29,30)31)34-18-8-9-22-19(13-18)16(14-33-22)10-15-6-4-3-5-7-15/h8-9,11-15,32-33H,2-7,10H2,1H3. The maximum absolute atomic E-state index is 13.8. The maximum atomic E-state index is 13.8. The summed E-state index contributed by atoms with van der Waals surface area (Å²) in [6.07, 6.45) is -1.61. The van der Waals surface area contributed by atoms with Crippen molar-refractivity contribution in [3.63, 3.8) is 0 Å². The number of aromatic amines is 1. The molecule has 3 aromatic rings. The third kappa shape index (κ3) is 5.28. The lowest BCUT2D eigenvalue weighted by atomic mass is 9.85. The predicted molar refractivity (Wildman–Crippen MR) is 119 cm³/mol. The minimum Gasteiger partial charge on any atom is -0.456 e. The third-order valence-corrected chi connectivity index (χ3v) is 6.27. The largest absolute Gasteiger partial charge is 0.456 e. The normalized spacial score (nSPS) is 15.6. The Hall–Kier alpha value is -2.84. The van der Waals surface area contributed by atoms with E-state index in [9.17, 15) is 26.3 Å². The van der Waals surface area contributed by atoms with Crippen molar-refractivity contribution in [2.75, 3.05) is 11.9 Å². The number of halogens is 6. The average Bonchev–Trinajstić information content (AvgIpc) is 3.16. The molecule has 9 heteroatoms. The summed E-state index contributed by atoms with van der Waals surface area (Å²) >= 11 is 0. The van der Waals surface area contributed by atoms with Gasteiger partial charge in [-0.25, -0.2) is 0 Å². The SMILES string of the molecule is CCNc1cc(C(F)(F)F)c(Oc2ccc3[nH]cc(CC4CCCCC4)c3c2)c(C(F)(F)F)c1. The van der Waals surface area contributed by atoms with Crippen LogP contribution in [0.3, 0.4) is 0 Å². The van der Waals surface area contributed by atoms with E-state index in [4.69, 9.17) is 4.74 Å². The van der Waals surface area contributed by atoms with Crippen LogP contribution in [0.5, 0.6) is 11.5 Å². The molecule has 0 radical (unpaired) electrons. The number of hydrogen-bond donors (Lipinski definition) is 2. The number of fused-ring (bicyclic) bond motifs is 1. The van der Waals surface area contributed by atoms with Gasteiger partial charge in [0, 0.05) is 29.3 Å². The molecule has 1 aromatic heterocycles. The molecule has 2 aromatic carbocycles. The molecule has 4 rings (SSSR count). The van der Waals surface area contributed by atoms with Crippen molar-refractivity contribution in [2.45, 2.75) is 57.8 Å². The number of ether oxygens (including phenoxy) is 1. The molecule has 34 heavy (non-hydrogen) atoms. The summed E-state index contributed by atoms with van der Waals surface area (Å²) in [7, 11) is 0. The highest BCUT2D eigenvalue weighted by molar-refractivity contribution is 5.84. The Morgan fingerprint density at radius 3 is 2.18 bits per heavy atom. The smallest absolute Gasteiger partial charge is 0.420 e. The molecule has 0 aliphatic heterocycles. The van der Waals surface area contributed by atoms with Crippen LogP contribution in [0.25, 0.3) is 10.9 Å². The topological polar surface area (TPSA) is 37.0 Å². The molecule has 1 fully saturated rings. The zero-order valence-corrected chi connectivity index (χ0v) is 18.7. The first-order chi connectivity index (χ1) is 16.1. The fraction of sp³-hybridized carbons (Fsp3) is 0.440. The Balaban J connectivity index is 1.75. The summed E-state index contributed by atoms with van der Waals surface area (Å²) in [4.78, 5) is 3.14.